The number of hydrogen-bond donors (Lipinski definition) is 3. The van der Waals surface area contributed by atoms with Gasteiger partial charge in [0.1, 0.15) is 13.1 Å². The Balaban J connectivity index is 0.00000324. The van der Waals surface area contributed by atoms with Gasteiger partial charge in [0.15, 0.2) is 9.84 Å². The molecule has 0 saturated heterocycles. The average molecular weight is 541 g/mol. The van der Waals surface area contributed by atoms with Crippen molar-refractivity contribution in [1.82, 2.24) is 5.32 Å². The van der Waals surface area contributed by atoms with Crippen LogP contribution in [0.2, 0.25) is 10.0 Å². The van der Waals surface area contributed by atoms with Crippen LogP contribution in [0.3, 0.4) is 0 Å². The summed E-state index contributed by atoms with van der Waals surface area (Å²) in [6.45, 7) is 3.62. The molecule has 34 heavy (non-hydrogen) atoms. The predicted molar refractivity (Wildman–Crippen MR) is 130 cm³/mol. The Kier molecular flexibility index (Phi) is 8.49. The summed E-state index contributed by atoms with van der Waals surface area (Å²) in [6.07, 6.45) is 0. The number of urea groups is 1. The molecule has 4 N–H and O–H groups in total. The SMILES string of the molecule is C[C@H](NC(=O)Nc1ccc(S(=O)(=O)Cc2ccc3c(c2)C[NH2+]C3)cc1)c1cccc(Cl)c1Cl.[Cl-]. The quantitative estimate of drug-likeness (QED) is 0.442. The molecule has 0 radical (unpaired) electrons. The number of hydrogen-bond acceptors (Lipinski definition) is 3. The van der Waals surface area contributed by atoms with Gasteiger partial charge in [0, 0.05) is 16.8 Å². The second-order valence-corrected chi connectivity index (χ2v) is 10.8. The van der Waals surface area contributed by atoms with Gasteiger partial charge in [0.05, 0.1) is 26.7 Å². The molecule has 1 aliphatic heterocycles. The molecule has 0 saturated carbocycles. The maximum absolute atomic E-state index is 12.9. The number of quaternary nitrogens is 1. The lowest BCUT2D eigenvalue weighted by atomic mass is 10.1. The van der Waals surface area contributed by atoms with Crippen LogP contribution >= 0.6 is 23.2 Å². The number of amides is 2. The van der Waals surface area contributed by atoms with Gasteiger partial charge in [-0.1, -0.05) is 47.5 Å². The molecule has 2 amide bonds. The summed E-state index contributed by atoms with van der Waals surface area (Å²) < 4.78 is 25.7. The van der Waals surface area contributed by atoms with Gasteiger partial charge in [-0.2, -0.15) is 0 Å². The van der Waals surface area contributed by atoms with Crippen molar-refractivity contribution in [2.75, 3.05) is 5.32 Å². The van der Waals surface area contributed by atoms with Crippen molar-refractivity contribution in [3.05, 3.63) is 93.0 Å². The molecule has 0 spiro atoms. The zero-order valence-electron chi connectivity index (χ0n) is 18.3. The first-order valence-electron chi connectivity index (χ1n) is 10.5. The third-order valence-electron chi connectivity index (χ3n) is 5.62. The van der Waals surface area contributed by atoms with Crippen LogP contribution in [0.1, 0.15) is 35.2 Å². The van der Waals surface area contributed by atoms with Gasteiger partial charge >= 0.3 is 6.03 Å². The van der Waals surface area contributed by atoms with Crippen molar-refractivity contribution < 1.29 is 30.9 Å². The number of rotatable bonds is 6. The van der Waals surface area contributed by atoms with E-state index in [1.54, 1.807) is 37.3 Å². The fraction of sp³-hybridized carbons (Fsp3) is 0.208. The summed E-state index contributed by atoms with van der Waals surface area (Å²) in [7, 11) is -3.51. The minimum absolute atomic E-state index is 0. The summed E-state index contributed by atoms with van der Waals surface area (Å²) in [4.78, 5) is 12.6. The molecule has 0 bridgehead atoms. The maximum atomic E-state index is 12.9. The standard InChI is InChI=1S/C24H23Cl2N3O3S.ClH/c1-15(21-3-2-4-22(25)23(21)26)28-24(30)29-19-7-9-20(10-8-19)33(31,32)14-16-5-6-17-12-27-13-18(17)11-16;/h2-11,15,27H,12-14H2,1H3,(H2,28,29,30);1H/t15-;/m0./s1. The van der Waals surface area contributed by atoms with E-state index in [2.05, 4.69) is 16.0 Å². The fourth-order valence-electron chi connectivity index (χ4n) is 3.89. The van der Waals surface area contributed by atoms with Crippen molar-refractivity contribution in [1.29, 1.82) is 0 Å². The Hall–Kier alpha value is -2.29. The molecule has 3 aromatic carbocycles. The maximum Gasteiger partial charge on any atom is 0.319 e. The van der Waals surface area contributed by atoms with E-state index in [4.69, 9.17) is 23.2 Å². The van der Waals surface area contributed by atoms with E-state index in [9.17, 15) is 13.2 Å². The third kappa shape index (κ3) is 6.03. The Morgan fingerprint density at radius 2 is 1.74 bits per heavy atom. The van der Waals surface area contributed by atoms with Crippen LogP contribution in [-0.4, -0.2) is 14.4 Å². The number of anilines is 1. The van der Waals surface area contributed by atoms with Crippen LogP contribution in [0, 0.1) is 0 Å². The number of nitrogens with two attached hydrogens (primary N) is 1. The number of carbonyl (C=O) groups is 1. The first-order valence-corrected chi connectivity index (χ1v) is 12.9. The lowest BCUT2D eigenvalue weighted by Crippen LogP contribution is -3.00. The smallest absolute Gasteiger partial charge is 0.319 e. The topological polar surface area (TPSA) is 91.9 Å². The van der Waals surface area contributed by atoms with E-state index in [-0.39, 0.29) is 29.1 Å². The molecule has 180 valence electrons. The van der Waals surface area contributed by atoms with Crippen LogP contribution in [0.5, 0.6) is 0 Å². The number of nitrogens with one attached hydrogen (secondary N) is 2. The van der Waals surface area contributed by atoms with E-state index in [0.29, 0.717) is 21.3 Å². The highest BCUT2D eigenvalue weighted by Crippen LogP contribution is 2.29. The molecule has 0 unspecified atom stereocenters. The van der Waals surface area contributed by atoms with Crippen molar-refractivity contribution in [3.8, 4) is 0 Å². The Labute approximate surface area is 215 Å². The second-order valence-electron chi connectivity index (χ2n) is 8.05. The number of sulfone groups is 1. The van der Waals surface area contributed by atoms with Gasteiger partial charge in [-0.25, -0.2) is 13.2 Å². The van der Waals surface area contributed by atoms with Gasteiger partial charge in [-0.3, -0.25) is 0 Å². The van der Waals surface area contributed by atoms with Crippen molar-refractivity contribution in [2.24, 2.45) is 0 Å². The van der Waals surface area contributed by atoms with E-state index in [1.807, 2.05) is 18.2 Å². The summed E-state index contributed by atoms with van der Waals surface area (Å²) in [5.41, 5.74) is 4.41. The minimum atomic E-state index is -3.51. The number of carbonyl (C=O) groups excluding carboxylic acids is 1. The van der Waals surface area contributed by atoms with Crippen LogP contribution in [-0.2, 0) is 28.7 Å². The third-order valence-corrected chi connectivity index (χ3v) is 8.16. The molecule has 3 aromatic rings. The number of halogens is 3. The molecule has 1 atom stereocenters. The first kappa shape index (κ1) is 26.3. The monoisotopic (exact) mass is 539 g/mol. The first-order chi connectivity index (χ1) is 15.7. The highest BCUT2D eigenvalue weighted by Gasteiger charge is 2.19. The minimum Gasteiger partial charge on any atom is -1.00 e. The van der Waals surface area contributed by atoms with Crippen molar-refractivity contribution in [3.63, 3.8) is 0 Å². The molecule has 6 nitrogen and oxygen atoms in total. The largest absolute Gasteiger partial charge is 1.00 e. The lowest BCUT2D eigenvalue weighted by Gasteiger charge is -2.17. The zero-order chi connectivity index (χ0) is 23.6. The van der Waals surface area contributed by atoms with E-state index < -0.39 is 15.9 Å². The van der Waals surface area contributed by atoms with Crippen molar-refractivity contribution >= 4 is 44.8 Å². The Morgan fingerprint density at radius 3 is 2.47 bits per heavy atom. The van der Waals surface area contributed by atoms with Gasteiger partial charge in [-0.15, -0.1) is 0 Å². The lowest BCUT2D eigenvalue weighted by molar-refractivity contribution is -0.676. The molecule has 10 heteroatoms. The van der Waals surface area contributed by atoms with Crippen LogP contribution in [0.15, 0.2) is 65.6 Å². The predicted octanol–water partition coefficient (Wildman–Crippen LogP) is 1.43. The summed E-state index contributed by atoms with van der Waals surface area (Å²) in [5, 5.41) is 8.50. The normalized spacial score (nSPS) is 13.5. The highest BCUT2D eigenvalue weighted by atomic mass is 35.5. The Morgan fingerprint density at radius 1 is 1.03 bits per heavy atom. The fourth-order valence-corrected chi connectivity index (χ4v) is 5.69. The zero-order valence-corrected chi connectivity index (χ0v) is 21.4. The molecule has 1 aliphatic rings. The molecular weight excluding hydrogens is 517 g/mol. The van der Waals surface area contributed by atoms with Crippen LogP contribution in [0.25, 0.3) is 0 Å². The number of benzene rings is 3. The molecule has 0 fully saturated rings. The van der Waals surface area contributed by atoms with Crippen molar-refractivity contribution in [2.45, 2.75) is 36.7 Å². The van der Waals surface area contributed by atoms with E-state index >= 15 is 0 Å². The molecule has 0 aromatic heterocycles. The highest BCUT2D eigenvalue weighted by molar-refractivity contribution is 7.90. The summed E-state index contributed by atoms with van der Waals surface area (Å²) >= 11 is 12.3. The molecule has 1 heterocycles. The molecule has 0 aliphatic carbocycles. The van der Waals surface area contributed by atoms with E-state index in [1.165, 1.54) is 23.3 Å². The van der Waals surface area contributed by atoms with Gasteiger partial charge in [0.2, 0.25) is 0 Å². The number of fused-ring (bicyclic) bond motifs is 1. The van der Waals surface area contributed by atoms with Crippen LogP contribution in [0.4, 0.5) is 10.5 Å². The van der Waals surface area contributed by atoms with Gasteiger partial charge in [-0.05, 0) is 54.4 Å². The van der Waals surface area contributed by atoms with E-state index in [0.717, 1.165) is 18.7 Å². The summed E-state index contributed by atoms with van der Waals surface area (Å²) in [6, 6.07) is 16.4. The molecule has 4 rings (SSSR count). The van der Waals surface area contributed by atoms with Crippen LogP contribution < -0.4 is 28.4 Å². The Bertz CT molecular complexity index is 1300. The van der Waals surface area contributed by atoms with Gasteiger partial charge in [0.25, 0.3) is 0 Å². The average Bonchev–Trinajstić information content (AvgIpc) is 3.23. The van der Waals surface area contributed by atoms with Gasteiger partial charge < -0.3 is 28.4 Å². The molecular formula is C24H24Cl3N3O3S. The summed E-state index contributed by atoms with van der Waals surface area (Å²) in [5.74, 6) is -0.0640. The second kappa shape index (κ2) is 11.0.